The van der Waals surface area contributed by atoms with Crippen LogP contribution in [0.25, 0.3) is 10.9 Å². The van der Waals surface area contributed by atoms with Gasteiger partial charge in [-0.15, -0.1) is 0 Å². The molecule has 0 spiro atoms. The molecular weight excluding hydrogens is 226 g/mol. The van der Waals surface area contributed by atoms with Crippen molar-refractivity contribution in [2.24, 2.45) is 5.73 Å². The lowest BCUT2D eigenvalue weighted by atomic mass is 10.2. The summed E-state index contributed by atoms with van der Waals surface area (Å²) in [6, 6.07) is 10.7. The molecule has 18 heavy (non-hydrogen) atoms. The van der Waals surface area contributed by atoms with Crippen molar-refractivity contribution in [3.8, 4) is 0 Å². The highest BCUT2D eigenvalue weighted by molar-refractivity contribution is 5.81. The van der Waals surface area contributed by atoms with Gasteiger partial charge >= 0.3 is 0 Å². The Labute approximate surface area is 107 Å². The Kier molecular flexibility index (Phi) is 3.07. The Hall–Kier alpha value is -1.36. The zero-order valence-electron chi connectivity index (χ0n) is 10.4. The first kappa shape index (κ1) is 11.7. The van der Waals surface area contributed by atoms with E-state index in [0.717, 1.165) is 19.6 Å². The van der Waals surface area contributed by atoms with E-state index in [2.05, 4.69) is 39.8 Å². The molecule has 1 atom stereocenters. The van der Waals surface area contributed by atoms with Crippen LogP contribution in [-0.2, 0) is 13.1 Å². The number of aromatic nitrogens is 1. The number of β-amino-alcohol motifs (C(OH)–C–C–N with tert-alkyl or cyclic N) is 1. The summed E-state index contributed by atoms with van der Waals surface area (Å²) in [4.78, 5) is 2.27. The largest absolute Gasteiger partial charge is 0.390 e. The Bertz CT molecular complexity index is 549. The molecule has 3 rings (SSSR count). The maximum atomic E-state index is 9.62. The number of para-hydroxylation sites is 1. The third-order valence-electron chi connectivity index (χ3n) is 3.66. The molecule has 1 unspecified atom stereocenters. The molecule has 0 amide bonds. The van der Waals surface area contributed by atoms with E-state index < -0.39 is 6.10 Å². The summed E-state index contributed by atoms with van der Waals surface area (Å²) in [5.74, 6) is 0. The van der Waals surface area contributed by atoms with Gasteiger partial charge in [0.25, 0.3) is 0 Å². The quantitative estimate of drug-likeness (QED) is 0.840. The van der Waals surface area contributed by atoms with Crippen molar-refractivity contribution in [2.75, 3.05) is 19.6 Å². The highest BCUT2D eigenvalue weighted by Gasteiger charge is 2.19. The van der Waals surface area contributed by atoms with Gasteiger partial charge in [0.1, 0.15) is 0 Å². The van der Waals surface area contributed by atoms with Crippen LogP contribution in [0.3, 0.4) is 0 Å². The van der Waals surface area contributed by atoms with Crippen LogP contribution < -0.4 is 5.73 Å². The SMILES string of the molecule is NCC(O)CN1CCn2c(cc3ccccc32)C1. The molecule has 2 aromatic rings. The molecule has 4 nitrogen and oxygen atoms in total. The maximum absolute atomic E-state index is 9.62. The minimum Gasteiger partial charge on any atom is -0.390 e. The fraction of sp³-hybridized carbons (Fsp3) is 0.429. The van der Waals surface area contributed by atoms with Gasteiger partial charge in [0.2, 0.25) is 0 Å². The molecule has 1 aromatic carbocycles. The normalized spacial score (nSPS) is 17.9. The van der Waals surface area contributed by atoms with Crippen LogP contribution >= 0.6 is 0 Å². The second-order valence-electron chi connectivity index (χ2n) is 4.97. The van der Waals surface area contributed by atoms with Crippen molar-refractivity contribution in [3.63, 3.8) is 0 Å². The van der Waals surface area contributed by atoms with Gasteiger partial charge in [0.05, 0.1) is 6.10 Å². The topological polar surface area (TPSA) is 54.4 Å². The van der Waals surface area contributed by atoms with E-state index in [1.807, 2.05) is 0 Å². The van der Waals surface area contributed by atoms with E-state index in [1.165, 1.54) is 16.6 Å². The molecule has 0 fully saturated rings. The Morgan fingerprint density at radius 3 is 2.94 bits per heavy atom. The van der Waals surface area contributed by atoms with Crippen molar-refractivity contribution in [3.05, 3.63) is 36.0 Å². The molecule has 3 N–H and O–H groups in total. The first-order valence-corrected chi connectivity index (χ1v) is 6.45. The van der Waals surface area contributed by atoms with Gasteiger partial charge in [-0.2, -0.15) is 0 Å². The minimum atomic E-state index is -0.416. The first-order valence-electron chi connectivity index (χ1n) is 6.45. The summed E-state index contributed by atoms with van der Waals surface area (Å²) in [6.07, 6.45) is -0.416. The van der Waals surface area contributed by atoms with Crippen molar-refractivity contribution in [1.29, 1.82) is 0 Å². The highest BCUT2D eigenvalue weighted by atomic mass is 16.3. The summed E-state index contributed by atoms with van der Waals surface area (Å²) in [5, 5.41) is 10.9. The zero-order valence-corrected chi connectivity index (χ0v) is 10.4. The van der Waals surface area contributed by atoms with Crippen LogP contribution in [0.4, 0.5) is 0 Å². The molecule has 0 bridgehead atoms. The Balaban J connectivity index is 1.85. The van der Waals surface area contributed by atoms with E-state index in [0.29, 0.717) is 13.1 Å². The van der Waals surface area contributed by atoms with Gasteiger partial charge in [-0.05, 0) is 17.5 Å². The summed E-state index contributed by atoms with van der Waals surface area (Å²) in [6.45, 7) is 3.85. The summed E-state index contributed by atoms with van der Waals surface area (Å²) in [7, 11) is 0. The minimum absolute atomic E-state index is 0.333. The molecule has 1 aliphatic rings. The second-order valence-corrected chi connectivity index (χ2v) is 4.97. The van der Waals surface area contributed by atoms with Crippen LogP contribution in [-0.4, -0.2) is 40.3 Å². The number of rotatable bonds is 3. The molecule has 96 valence electrons. The summed E-state index contributed by atoms with van der Waals surface area (Å²) < 4.78 is 2.38. The number of nitrogens with zero attached hydrogens (tertiary/aromatic N) is 2. The lowest BCUT2D eigenvalue weighted by molar-refractivity contribution is 0.103. The number of nitrogens with two attached hydrogens (primary N) is 1. The van der Waals surface area contributed by atoms with Gasteiger partial charge in [0, 0.05) is 43.9 Å². The third kappa shape index (κ3) is 2.03. The van der Waals surface area contributed by atoms with Crippen LogP contribution in [0.2, 0.25) is 0 Å². The van der Waals surface area contributed by atoms with Crippen molar-refractivity contribution >= 4 is 10.9 Å². The standard InChI is InChI=1S/C14H19N3O/c15-8-13(18)10-16-5-6-17-12(9-16)7-11-3-1-2-4-14(11)17/h1-4,7,13,18H,5-6,8-10,15H2. The fourth-order valence-corrected chi connectivity index (χ4v) is 2.74. The smallest absolute Gasteiger partial charge is 0.0789 e. The van der Waals surface area contributed by atoms with Crippen LogP contribution in [0.15, 0.2) is 30.3 Å². The summed E-state index contributed by atoms with van der Waals surface area (Å²) >= 11 is 0. The number of benzene rings is 1. The van der Waals surface area contributed by atoms with E-state index in [-0.39, 0.29) is 0 Å². The highest BCUT2D eigenvalue weighted by Crippen LogP contribution is 2.23. The molecule has 4 heteroatoms. The third-order valence-corrected chi connectivity index (χ3v) is 3.66. The second kappa shape index (κ2) is 4.72. The molecule has 0 radical (unpaired) electrons. The first-order chi connectivity index (χ1) is 8.78. The van der Waals surface area contributed by atoms with E-state index >= 15 is 0 Å². The monoisotopic (exact) mass is 245 g/mol. The predicted molar refractivity (Wildman–Crippen MR) is 72.3 cm³/mol. The van der Waals surface area contributed by atoms with Gasteiger partial charge in [-0.1, -0.05) is 18.2 Å². The average molecular weight is 245 g/mol. The average Bonchev–Trinajstić information content (AvgIpc) is 2.76. The lowest BCUT2D eigenvalue weighted by Gasteiger charge is -2.30. The molecule has 1 aromatic heterocycles. The maximum Gasteiger partial charge on any atom is 0.0789 e. The van der Waals surface area contributed by atoms with E-state index in [1.54, 1.807) is 0 Å². The van der Waals surface area contributed by atoms with E-state index in [9.17, 15) is 5.11 Å². The van der Waals surface area contributed by atoms with Crippen LogP contribution in [0.1, 0.15) is 5.69 Å². The number of aliphatic hydroxyl groups excluding tert-OH is 1. The summed E-state index contributed by atoms with van der Waals surface area (Å²) in [5.41, 5.74) is 8.10. The molecule has 0 saturated carbocycles. The molecule has 2 heterocycles. The molecular formula is C14H19N3O. The van der Waals surface area contributed by atoms with Crippen molar-refractivity contribution in [1.82, 2.24) is 9.47 Å². The molecule has 1 aliphatic heterocycles. The van der Waals surface area contributed by atoms with Crippen LogP contribution in [0.5, 0.6) is 0 Å². The fourth-order valence-electron chi connectivity index (χ4n) is 2.74. The van der Waals surface area contributed by atoms with Gasteiger partial charge in [-0.3, -0.25) is 4.90 Å². The lowest BCUT2D eigenvalue weighted by Crippen LogP contribution is -2.40. The number of aliphatic hydroxyl groups is 1. The Morgan fingerprint density at radius 2 is 2.11 bits per heavy atom. The van der Waals surface area contributed by atoms with Crippen molar-refractivity contribution < 1.29 is 5.11 Å². The van der Waals surface area contributed by atoms with Crippen molar-refractivity contribution in [2.45, 2.75) is 19.2 Å². The van der Waals surface area contributed by atoms with Gasteiger partial charge in [-0.25, -0.2) is 0 Å². The van der Waals surface area contributed by atoms with Gasteiger partial charge < -0.3 is 15.4 Å². The number of hydrogen-bond acceptors (Lipinski definition) is 3. The molecule has 0 saturated heterocycles. The molecule has 0 aliphatic carbocycles. The van der Waals surface area contributed by atoms with E-state index in [4.69, 9.17) is 5.73 Å². The number of fused-ring (bicyclic) bond motifs is 3. The predicted octanol–water partition coefficient (Wildman–Crippen LogP) is 0.776. The zero-order chi connectivity index (χ0) is 12.5. The van der Waals surface area contributed by atoms with Crippen LogP contribution in [0, 0.1) is 0 Å². The Morgan fingerprint density at radius 1 is 1.28 bits per heavy atom. The number of hydrogen-bond donors (Lipinski definition) is 2. The van der Waals surface area contributed by atoms with Gasteiger partial charge in [0.15, 0.2) is 0 Å².